The second-order valence-electron chi connectivity index (χ2n) is 6.03. The Bertz CT molecular complexity index is 484. The van der Waals surface area contributed by atoms with Crippen LogP contribution in [0.5, 0.6) is 0 Å². The molecule has 0 spiro atoms. The minimum atomic E-state index is 0.387. The van der Waals surface area contributed by atoms with E-state index in [1.807, 2.05) is 0 Å². The van der Waals surface area contributed by atoms with E-state index >= 15 is 0 Å². The number of hydrogen-bond donors (Lipinski definition) is 1. The van der Waals surface area contributed by atoms with Gasteiger partial charge in [0.15, 0.2) is 0 Å². The molecule has 0 bridgehead atoms. The van der Waals surface area contributed by atoms with E-state index in [4.69, 9.17) is 5.73 Å². The number of aryl methyl sites for hydroxylation is 1. The summed E-state index contributed by atoms with van der Waals surface area (Å²) in [6, 6.07) is 4.90. The molecule has 0 aromatic heterocycles. The van der Waals surface area contributed by atoms with Gasteiger partial charge in [0.2, 0.25) is 0 Å². The minimum Gasteiger partial charge on any atom is -0.366 e. The first-order valence-electron chi connectivity index (χ1n) is 7.46. The average Bonchev–Trinajstić information content (AvgIpc) is 2.62. The van der Waals surface area contributed by atoms with Crippen molar-refractivity contribution in [2.24, 2.45) is 5.73 Å². The minimum absolute atomic E-state index is 0.387. The van der Waals surface area contributed by atoms with E-state index in [0.29, 0.717) is 18.8 Å². The Hall–Kier alpha value is -1.42. The SMILES string of the molecule is Cc1ccc2c(c1N(CCN)C(C)C)N(C)C(C)N2C. The van der Waals surface area contributed by atoms with Gasteiger partial charge in [-0.15, -0.1) is 0 Å². The predicted octanol–water partition coefficient (Wildman–Crippen LogP) is 2.40. The molecule has 2 N–H and O–H groups in total. The van der Waals surface area contributed by atoms with Gasteiger partial charge in [0, 0.05) is 33.2 Å². The number of nitrogens with zero attached hydrogens (tertiary/aromatic N) is 3. The van der Waals surface area contributed by atoms with Crippen molar-refractivity contribution in [2.45, 2.75) is 39.9 Å². The van der Waals surface area contributed by atoms with Crippen LogP contribution in [0.15, 0.2) is 12.1 Å². The Balaban J connectivity index is 2.59. The molecule has 0 radical (unpaired) electrons. The summed E-state index contributed by atoms with van der Waals surface area (Å²) in [6.07, 6.45) is 0.387. The summed E-state index contributed by atoms with van der Waals surface area (Å²) in [5.74, 6) is 0. The third kappa shape index (κ3) is 2.22. The first-order chi connectivity index (χ1) is 9.40. The normalized spacial score (nSPS) is 17.9. The van der Waals surface area contributed by atoms with Crippen molar-refractivity contribution in [1.82, 2.24) is 0 Å². The Morgan fingerprint density at radius 3 is 2.45 bits per heavy atom. The first kappa shape index (κ1) is 15.0. The molecule has 1 heterocycles. The zero-order valence-corrected chi connectivity index (χ0v) is 13.6. The molecule has 2 rings (SSSR count). The molecule has 4 heteroatoms. The second kappa shape index (κ2) is 5.52. The lowest BCUT2D eigenvalue weighted by molar-refractivity contribution is 0.677. The van der Waals surface area contributed by atoms with Gasteiger partial charge in [-0.3, -0.25) is 0 Å². The Morgan fingerprint density at radius 1 is 1.25 bits per heavy atom. The van der Waals surface area contributed by atoms with Crippen LogP contribution in [-0.2, 0) is 0 Å². The van der Waals surface area contributed by atoms with Crippen molar-refractivity contribution >= 4 is 17.1 Å². The molecule has 1 aliphatic heterocycles. The monoisotopic (exact) mass is 276 g/mol. The highest BCUT2D eigenvalue weighted by Gasteiger charge is 2.32. The second-order valence-corrected chi connectivity index (χ2v) is 6.03. The fourth-order valence-electron chi connectivity index (χ4n) is 3.08. The van der Waals surface area contributed by atoms with Gasteiger partial charge < -0.3 is 20.4 Å². The third-order valence-electron chi connectivity index (χ3n) is 4.47. The summed E-state index contributed by atoms with van der Waals surface area (Å²) in [7, 11) is 4.34. The zero-order chi connectivity index (χ0) is 15.0. The molecule has 20 heavy (non-hydrogen) atoms. The molecule has 1 aliphatic rings. The van der Waals surface area contributed by atoms with Crippen LogP contribution < -0.4 is 20.4 Å². The van der Waals surface area contributed by atoms with E-state index in [-0.39, 0.29) is 0 Å². The predicted molar refractivity (Wildman–Crippen MR) is 89.0 cm³/mol. The van der Waals surface area contributed by atoms with Crippen molar-refractivity contribution in [3.8, 4) is 0 Å². The third-order valence-corrected chi connectivity index (χ3v) is 4.47. The first-order valence-corrected chi connectivity index (χ1v) is 7.46. The van der Waals surface area contributed by atoms with Gasteiger partial charge in [-0.1, -0.05) is 6.07 Å². The Morgan fingerprint density at radius 2 is 1.90 bits per heavy atom. The van der Waals surface area contributed by atoms with Gasteiger partial charge in [0.25, 0.3) is 0 Å². The van der Waals surface area contributed by atoms with Crippen LogP contribution in [-0.4, -0.2) is 39.4 Å². The molecule has 112 valence electrons. The fraction of sp³-hybridized carbons (Fsp3) is 0.625. The zero-order valence-electron chi connectivity index (χ0n) is 13.6. The van der Waals surface area contributed by atoms with Crippen molar-refractivity contribution < 1.29 is 0 Å². The highest BCUT2D eigenvalue weighted by atomic mass is 15.4. The van der Waals surface area contributed by atoms with Crippen LogP contribution >= 0.6 is 0 Å². The number of fused-ring (bicyclic) bond motifs is 1. The summed E-state index contributed by atoms with van der Waals surface area (Å²) in [5.41, 5.74) is 11.1. The topological polar surface area (TPSA) is 35.7 Å². The smallest absolute Gasteiger partial charge is 0.0983 e. The molecular weight excluding hydrogens is 248 g/mol. The van der Waals surface area contributed by atoms with Crippen LogP contribution in [0.1, 0.15) is 26.3 Å². The molecule has 1 unspecified atom stereocenters. The number of anilines is 3. The van der Waals surface area contributed by atoms with Crippen molar-refractivity contribution in [1.29, 1.82) is 0 Å². The number of rotatable bonds is 4. The van der Waals surface area contributed by atoms with Gasteiger partial charge in [0.05, 0.1) is 23.2 Å². The summed E-state index contributed by atoms with van der Waals surface area (Å²) >= 11 is 0. The van der Waals surface area contributed by atoms with Gasteiger partial charge in [-0.2, -0.15) is 0 Å². The molecule has 0 saturated heterocycles. The summed E-state index contributed by atoms with van der Waals surface area (Å²) < 4.78 is 0. The number of hydrogen-bond acceptors (Lipinski definition) is 4. The molecule has 0 amide bonds. The summed E-state index contributed by atoms with van der Waals surface area (Å²) in [6.45, 7) is 10.5. The maximum atomic E-state index is 5.82. The molecule has 0 saturated carbocycles. The molecule has 0 aliphatic carbocycles. The quantitative estimate of drug-likeness (QED) is 0.916. The van der Waals surface area contributed by atoms with Gasteiger partial charge in [0.1, 0.15) is 0 Å². The lowest BCUT2D eigenvalue weighted by Gasteiger charge is -2.33. The van der Waals surface area contributed by atoms with E-state index < -0.39 is 0 Å². The maximum absolute atomic E-state index is 5.82. The van der Waals surface area contributed by atoms with Crippen LogP contribution in [0.2, 0.25) is 0 Å². The molecule has 0 fully saturated rings. The molecule has 1 aromatic rings. The number of nitrogens with two attached hydrogens (primary N) is 1. The lowest BCUT2D eigenvalue weighted by atomic mass is 10.1. The van der Waals surface area contributed by atoms with E-state index in [0.717, 1.165) is 6.54 Å². The fourth-order valence-corrected chi connectivity index (χ4v) is 3.08. The summed E-state index contributed by atoms with van der Waals surface area (Å²) in [4.78, 5) is 7.12. The van der Waals surface area contributed by atoms with Crippen molar-refractivity contribution in [3.63, 3.8) is 0 Å². The molecule has 1 atom stereocenters. The number of benzene rings is 1. The maximum Gasteiger partial charge on any atom is 0.0983 e. The molecule has 4 nitrogen and oxygen atoms in total. The van der Waals surface area contributed by atoms with Crippen LogP contribution in [0.4, 0.5) is 17.1 Å². The summed E-state index contributed by atoms with van der Waals surface area (Å²) in [5, 5.41) is 0. The van der Waals surface area contributed by atoms with Gasteiger partial charge >= 0.3 is 0 Å². The molecular formula is C16H28N4. The van der Waals surface area contributed by atoms with Crippen LogP contribution in [0, 0.1) is 6.92 Å². The van der Waals surface area contributed by atoms with E-state index in [2.05, 4.69) is 68.6 Å². The average molecular weight is 276 g/mol. The van der Waals surface area contributed by atoms with Crippen molar-refractivity contribution in [2.75, 3.05) is 41.9 Å². The van der Waals surface area contributed by atoms with Crippen LogP contribution in [0.25, 0.3) is 0 Å². The van der Waals surface area contributed by atoms with E-state index in [1.165, 1.54) is 22.6 Å². The highest BCUT2D eigenvalue weighted by molar-refractivity contribution is 5.90. The lowest BCUT2D eigenvalue weighted by Crippen LogP contribution is -2.38. The van der Waals surface area contributed by atoms with Crippen LogP contribution in [0.3, 0.4) is 0 Å². The van der Waals surface area contributed by atoms with Gasteiger partial charge in [-0.25, -0.2) is 0 Å². The molecule has 1 aromatic carbocycles. The van der Waals surface area contributed by atoms with Gasteiger partial charge in [-0.05, 0) is 39.3 Å². The Kier molecular flexibility index (Phi) is 4.14. The highest BCUT2D eigenvalue weighted by Crippen LogP contribution is 2.46. The van der Waals surface area contributed by atoms with Crippen molar-refractivity contribution in [3.05, 3.63) is 17.7 Å². The standard InChI is InChI=1S/C16H28N4/c1-11(2)20(10-9-17)15-12(3)7-8-14-16(15)19(6)13(4)18(14)5/h7-8,11,13H,9-10,17H2,1-6H3. The largest absolute Gasteiger partial charge is 0.366 e. The van der Waals surface area contributed by atoms with E-state index in [9.17, 15) is 0 Å². The van der Waals surface area contributed by atoms with E-state index in [1.54, 1.807) is 0 Å². The Labute approximate surface area is 123 Å².